The van der Waals surface area contributed by atoms with Gasteiger partial charge in [0.1, 0.15) is 5.94 Å². The first-order chi connectivity index (χ1) is 7.69. The zero-order chi connectivity index (χ0) is 12.0. The van der Waals surface area contributed by atoms with Crippen molar-refractivity contribution >= 4 is 11.9 Å². The van der Waals surface area contributed by atoms with Crippen LogP contribution in [0.2, 0.25) is 0 Å². The molecule has 0 heterocycles. The third-order valence-corrected chi connectivity index (χ3v) is 2.21. The van der Waals surface area contributed by atoms with Gasteiger partial charge in [0.2, 0.25) is 0 Å². The molecule has 0 radical (unpaired) electrons. The Labute approximate surface area is 94.8 Å². The number of rotatable bonds is 3. The van der Waals surface area contributed by atoms with E-state index in [1.54, 1.807) is 32.1 Å². The molecule has 0 fully saturated rings. The Bertz CT molecular complexity index is 407. The molecule has 1 rings (SSSR count). The van der Waals surface area contributed by atoms with Crippen LogP contribution in [-0.4, -0.2) is 18.5 Å². The Hall–Kier alpha value is -1.86. The first kappa shape index (κ1) is 12.2. The predicted molar refractivity (Wildman–Crippen MR) is 61.4 cm³/mol. The quantitative estimate of drug-likeness (QED) is 0.413. The van der Waals surface area contributed by atoms with Gasteiger partial charge in [0.25, 0.3) is 0 Å². The Balaban J connectivity index is 2.83. The molecule has 0 amide bonds. The number of hydrogen-bond donors (Lipinski definition) is 0. The summed E-state index contributed by atoms with van der Waals surface area (Å²) in [4.78, 5) is 22.0. The third-order valence-electron chi connectivity index (χ3n) is 2.21. The fourth-order valence-corrected chi connectivity index (χ4v) is 1.39. The van der Waals surface area contributed by atoms with Crippen molar-refractivity contribution in [3.8, 4) is 0 Å². The predicted octanol–water partition coefficient (Wildman–Crippen LogP) is 2.00. The number of esters is 1. The van der Waals surface area contributed by atoms with Crippen molar-refractivity contribution < 1.29 is 14.3 Å². The van der Waals surface area contributed by atoms with E-state index in [1.165, 1.54) is 0 Å². The normalized spacial score (nSPS) is 19.5. The van der Waals surface area contributed by atoms with Crippen molar-refractivity contribution in [2.75, 3.05) is 6.61 Å². The maximum Gasteiger partial charge on any atom is 0.333 e. The van der Waals surface area contributed by atoms with Crippen molar-refractivity contribution in [2.45, 2.75) is 13.8 Å². The van der Waals surface area contributed by atoms with Gasteiger partial charge in [0.05, 0.1) is 6.61 Å². The van der Waals surface area contributed by atoms with Crippen molar-refractivity contribution in [3.63, 3.8) is 0 Å². The molecule has 0 aromatic rings. The average Bonchev–Trinajstić information content (AvgIpc) is 2.30. The molecule has 0 saturated carbocycles. The number of carbonyl (C=O) groups excluding carboxylic acids is 2. The molecule has 0 spiro atoms. The van der Waals surface area contributed by atoms with Gasteiger partial charge < -0.3 is 4.74 Å². The summed E-state index contributed by atoms with van der Waals surface area (Å²) in [5.74, 6) is 1.32. The second-order valence-corrected chi connectivity index (χ2v) is 3.40. The Kier molecular flexibility index (Phi) is 4.49. The summed E-state index contributed by atoms with van der Waals surface area (Å²) in [6.07, 6.45) is 8.83. The lowest BCUT2D eigenvalue weighted by Gasteiger charge is -2.10. The molecule has 0 N–H and O–H groups in total. The number of ether oxygens (including phenoxy) is 1. The molecular weight excluding hydrogens is 204 g/mol. The molecule has 1 aliphatic carbocycles. The van der Waals surface area contributed by atoms with Gasteiger partial charge in [0.15, 0.2) is 0 Å². The van der Waals surface area contributed by atoms with E-state index in [2.05, 4.69) is 0 Å². The van der Waals surface area contributed by atoms with Gasteiger partial charge in [-0.2, -0.15) is 0 Å². The molecule has 0 saturated heterocycles. The summed E-state index contributed by atoms with van der Waals surface area (Å²) in [7, 11) is 0. The minimum atomic E-state index is -0.351. The van der Waals surface area contributed by atoms with Crippen LogP contribution in [-0.2, 0) is 14.3 Å². The summed E-state index contributed by atoms with van der Waals surface area (Å²) in [6, 6.07) is 0. The van der Waals surface area contributed by atoms with E-state index >= 15 is 0 Å². The largest absolute Gasteiger partial charge is 0.463 e. The van der Waals surface area contributed by atoms with E-state index in [1.807, 2.05) is 18.1 Å². The van der Waals surface area contributed by atoms with E-state index in [-0.39, 0.29) is 11.9 Å². The third kappa shape index (κ3) is 3.07. The molecule has 84 valence electrons. The minimum absolute atomic E-state index is 0.188. The fourth-order valence-electron chi connectivity index (χ4n) is 1.39. The van der Waals surface area contributed by atoms with Crippen molar-refractivity contribution in [1.82, 2.24) is 0 Å². The molecule has 1 unspecified atom stereocenters. The molecule has 3 nitrogen and oxygen atoms in total. The average molecular weight is 218 g/mol. The molecule has 1 atom stereocenters. The van der Waals surface area contributed by atoms with E-state index in [4.69, 9.17) is 4.74 Å². The van der Waals surface area contributed by atoms with Gasteiger partial charge in [0, 0.05) is 17.1 Å². The van der Waals surface area contributed by atoms with Crippen LogP contribution in [0.5, 0.6) is 0 Å². The molecule has 0 aromatic heterocycles. The Morgan fingerprint density at radius 3 is 2.94 bits per heavy atom. The smallest absolute Gasteiger partial charge is 0.333 e. The van der Waals surface area contributed by atoms with Crippen molar-refractivity contribution in [3.05, 3.63) is 41.5 Å². The van der Waals surface area contributed by atoms with Gasteiger partial charge in [-0.15, -0.1) is 0 Å². The van der Waals surface area contributed by atoms with Crippen LogP contribution in [0.25, 0.3) is 0 Å². The topological polar surface area (TPSA) is 43.4 Å². The maximum absolute atomic E-state index is 11.4. The molecule has 0 bridgehead atoms. The van der Waals surface area contributed by atoms with Gasteiger partial charge in [-0.3, -0.25) is 0 Å². The summed E-state index contributed by atoms with van der Waals surface area (Å²) >= 11 is 0. The number of hydrogen-bond acceptors (Lipinski definition) is 3. The first-order valence-corrected chi connectivity index (χ1v) is 5.14. The van der Waals surface area contributed by atoms with Gasteiger partial charge in [-0.25, -0.2) is 9.59 Å². The van der Waals surface area contributed by atoms with E-state index in [0.717, 1.165) is 0 Å². The number of allylic oxidation sites excluding steroid dienone is 6. The lowest BCUT2D eigenvalue weighted by Crippen LogP contribution is -2.08. The minimum Gasteiger partial charge on any atom is -0.463 e. The van der Waals surface area contributed by atoms with Crippen LogP contribution in [0.15, 0.2) is 41.5 Å². The Morgan fingerprint density at radius 1 is 1.56 bits per heavy atom. The monoisotopic (exact) mass is 218 g/mol. The highest BCUT2D eigenvalue weighted by atomic mass is 16.5. The zero-order valence-corrected chi connectivity index (χ0v) is 9.40. The van der Waals surface area contributed by atoms with Crippen LogP contribution < -0.4 is 0 Å². The van der Waals surface area contributed by atoms with Gasteiger partial charge in [-0.1, -0.05) is 24.3 Å². The zero-order valence-electron chi connectivity index (χ0n) is 9.40. The standard InChI is InChI=1S/C13H14O3/c1-3-16-13(15)10(2)8-11-6-4-5-7-12(11)9-14/h4-8,11H,3H2,1-2H3. The lowest BCUT2D eigenvalue weighted by molar-refractivity contribution is -0.138. The van der Waals surface area contributed by atoms with Crippen LogP contribution in [0.4, 0.5) is 0 Å². The number of carbonyl (C=O) groups is 1. The second-order valence-electron chi connectivity index (χ2n) is 3.40. The first-order valence-electron chi connectivity index (χ1n) is 5.14. The summed E-state index contributed by atoms with van der Waals surface area (Å²) < 4.78 is 4.86. The van der Waals surface area contributed by atoms with Gasteiger partial charge in [-0.05, 0) is 19.9 Å². The molecule has 0 aliphatic heterocycles. The summed E-state index contributed by atoms with van der Waals surface area (Å²) in [6.45, 7) is 3.78. The summed E-state index contributed by atoms with van der Waals surface area (Å²) in [5, 5.41) is 0. The molecule has 1 aliphatic rings. The van der Waals surface area contributed by atoms with Crippen LogP contribution in [0, 0.1) is 5.92 Å². The lowest BCUT2D eigenvalue weighted by atomic mass is 9.94. The second kappa shape index (κ2) is 5.89. The van der Waals surface area contributed by atoms with E-state index in [9.17, 15) is 9.59 Å². The van der Waals surface area contributed by atoms with E-state index < -0.39 is 0 Å². The molecule has 3 heteroatoms. The fraction of sp³-hybridized carbons (Fsp3) is 0.308. The molecule has 16 heavy (non-hydrogen) atoms. The van der Waals surface area contributed by atoms with Crippen molar-refractivity contribution in [2.24, 2.45) is 5.92 Å². The van der Waals surface area contributed by atoms with Crippen LogP contribution >= 0.6 is 0 Å². The Morgan fingerprint density at radius 2 is 2.31 bits per heavy atom. The SMILES string of the molecule is CCOC(=O)C(C)=CC1C=CC=CC1=C=O. The van der Waals surface area contributed by atoms with Gasteiger partial charge >= 0.3 is 5.97 Å². The summed E-state index contributed by atoms with van der Waals surface area (Å²) in [5.41, 5.74) is 1.02. The molecular formula is C13H14O3. The highest BCUT2D eigenvalue weighted by Crippen LogP contribution is 2.19. The maximum atomic E-state index is 11.4. The highest BCUT2D eigenvalue weighted by molar-refractivity contribution is 5.88. The molecule has 0 aromatic carbocycles. The van der Waals surface area contributed by atoms with E-state index in [0.29, 0.717) is 17.8 Å². The van der Waals surface area contributed by atoms with Crippen LogP contribution in [0.3, 0.4) is 0 Å². The highest BCUT2D eigenvalue weighted by Gasteiger charge is 2.13. The van der Waals surface area contributed by atoms with Crippen LogP contribution in [0.1, 0.15) is 13.8 Å². The van der Waals surface area contributed by atoms with Crippen molar-refractivity contribution in [1.29, 1.82) is 0 Å².